The molecule has 0 aliphatic heterocycles. The Hall–Kier alpha value is -2.32. The van der Waals surface area contributed by atoms with Gasteiger partial charge >= 0.3 is 0 Å². The first kappa shape index (κ1) is 17.5. The van der Waals surface area contributed by atoms with E-state index in [1.54, 1.807) is 24.5 Å². The van der Waals surface area contributed by atoms with E-state index >= 15 is 0 Å². The van der Waals surface area contributed by atoms with Crippen LogP contribution in [0, 0.1) is 0 Å². The normalized spacial score (nSPS) is 10.6. The van der Waals surface area contributed by atoms with Gasteiger partial charge in [-0.25, -0.2) is 0 Å². The molecule has 1 amide bonds. The Balaban J connectivity index is 1.64. The number of hydrogen-bond acceptors (Lipinski definition) is 6. The van der Waals surface area contributed by atoms with E-state index in [0.717, 1.165) is 22.4 Å². The van der Waals surface area contributed by atoms with Crippen LogP contribution < -0.4 is 10.1 Å². The van der Waals surface area contributed by atoms with Gasteiger partial charge in [0, 0.05) is 18.3 Å². The van der Waals surface area contributed by atoms with Crippen LogP contribution in [0.2, 0.25) is 0 Å². The Kier molecular flexibility index (Phi) is 5.72. The summed E-state index contributed by atoms with van der Waals surface area (Å²) in [6.45, 7) is 2.79. The summed E-state index contributed by atoms with van der Waals surface area (Å²) < 4.78 is 7.18. The summed E-state index contributed by atoms with van der Waals surface area (Å²) >= 11 is 3.00. The molecule has 0 fully saturated rings. The van der Waals surface area contributed by atoms with E-state index < -0.39 is 0 Å². The van der Waals surface area contributed by atoms with Crippen molar-refractivity contribution < 1.29 is 9.53 Å². The van der Waals surface area contributed by atoms with E-state index in [9.17, 15) is 4.79 Å². The molecule has 0 atom stereocenters. The van der Waals surface area contributed by atoms with E-state index in [2.05, 4.69) is 15.5 Å². The van der Waals surface area contributed by atoms with Gasteiger partial charge in [-0.05, 0) is 30.5 Å². The minimum absolute atomic E-state index is 0.0958. The molecule has 1 aromatic carbocycles. The second-order valence-corrected chi connectivity index (χ2v) is 6.99. The molecule has 0 unspecified atom stereocenters. The quantitative estimate of drug-likeness (QED) is 0.638. The first-order valence-corrected chi connectivity index (χ1v) is 9.61. The van der Waals surface area contributed by atoms with Crippen LogP contribution in [0.4, 0.5) is 5.69 Å². The molecule has 3 aromatic rings. The molecule has 2 heterocycles. The average Bonchev–Trinajstić information content (AvgIpc) is 3.29. The molecule has 130 valence electrons. The lowest BCUT2D eigenvalue weighted by Crippen LogP contribution is -2.14. The third-order valence-electron chi connectivity index (χ3n) is 3.46. The van der Waals surface area contributed by atoms with Gasteiger partial charge in [-0.1, -0.05) is 23.9 Å². The van der Waals surface area contributed by atoms with Crippen molar-refractivity contribution in [2.24, 2.45) is 0 Å². The summed E-state index contributed by atoms with van der Waals surface area (Å²) in [4.78, 5) is 13.3. The smallest absolute Gasteiger partial charge is 0.234 e. The van der Waals surface area contributed by atoms with Crippen molar-refractivity contribution in [2.75, 3.05) is 18.2 Å². The summed E-state index contributed by atoms with van der Waals surface area (Å²) in [7, 11) is 1.60. The van der Waals surface area contributed by atoms with Crippen LogP contribution in [0.5, 0.6) is 5.75 Å². The summed E-state index contributed by atoms with van der Waals surface area (Å²) in [5, 5.41) is 14.1. The number of benzene rings is 1. The van der Waals surface area contributed by atoms with Crippen molar-refractivity contribution in [3.05, 3.63) is 41.8 Å². The van der Waals surface area contributed by atoms with E-state index in [4.69, 9.17) is 4.74 Å². The highest BCUT2D eigenvalue weighted by Gasteiger charge is 2.15. The van der Waals surface area contributed by atoms with E-state index in [-0.39, 0.29) is 11.7 Å². The van der Waals surface area contributed by atoms with Crippen LogP contribution >= 0.6 is 23.1 Å². The third kappa shape index (κ3) is 4.21. The standard InChI is InChI=1S/C17H18N4O2S2/c1-3-21-16(14-8-5-9-24-14)19-20-17(21)25-11-15(22)18-12-6-4-7-13(10-12)23-2/h4-10H,3,11H2,1-2H3,(H,18,22). The maximum Gasteiger partial charge on any atom is 0.234 e. The minimum atomic E-state index is -0.0958. The Morgan fingerprint density at radius 1 is 1.32 bits per heavy atom. The van der Waals surface area contributed by atoms with Gasteiger partial charge in [-0.2, -0.15) is 0 Å². The van der Waals surface area contributed by atoms with Crippen molar-refractivity contribution in [3.8, 4) is 16.5 Å². The fourth-order valence-electron chi connectivity index (χ4n) is 2.30. The number of nitrogens with one attached hydrogen (secondary N) is 1. The molecular weight excluding hydrogens is 356 g/mol. The number of carbonyl (C=O) groups excluding carboxylic acids is 1. The van der Waals surface area contributed by atoms with Gasteiger partial charge in [0.1, 0.15) is 5.75 Å². The molecule has 0 radical (unpaired) electrons. The van der Waals surface area contributed by atoms with Gasteiger partial charge in [0.15, 0.2) is 11.0 Å². The van der Waals surface area contributed by atoms with Gasteiger partial charge in [0.2, 0.25) is 5.91 Å². The van der Waals surface area contributed by atoms with Crippen LogP contribution in [0.3, 0.4) is 0 Å². The molecule has 0 saturated heterocycles. The molecule has 0 aliphatic rings. The monoisotopic (exact) mass is 374 g/mol. The first-order chi connectivity index (χ1) is 12.2. The molecule has 2 aromatic heterocycles. The number of anilines is 1. The van der Waals surface area contributed by atoms with Crippen molar-refractivity contribution in [3.63, 3.8) is 0 Å². The summed E-state index contributed by atoms with van der Waals surface area (Å²) in [6, 6.07) is 11.3. The maximum absolute atomic E-state index is 12.2. The molecule has 0 spiro atoms. The highest BCUT2D eigenvalue weighted by Crippen LogP contribution is 2.27. The number of rotatable bonds is 7. The largest absolute Gasteiger partial charge is 0.497 e. The van der Waals surface area contributed by atoms with Gasteiger partial charge in [-0.3, -0.25) is 4.79 Å². The third-order valence-corrected chi connectivity index (χ3v) is 5.29. The molecule has 0 aliphatic carbocycles. The topological polar surface area (TPSA) is 69.0 Å². The summed E-state index contributed by atoms with van der Waals surface area (Å²) in [5.41, 5.74) is 0.709. The molecule has 1 N–H and O–H groups in total. The SMILES string of the molecule is CCn1c(SCC(=O)Nc2cccc(OC)c2)nnc1-c1cccs1. The highest BCUT2D eigenvalue weighted by atomic mass is 32.2. The van der Waals surface area contributed by atoms with Crippen LogP contribution in [-0.4, -0.2) is 33.5 Å². The number of thioether (sulfide) groups is 1. The maximum atomic E-state index is 12.2. The Morgan fingerprint density at radius 3 is 2.92 bits per heavy atom. The van der Waals surface area contributed by atoms with Crippen LogP contribution in [-0.2, 0) is 11.3 Å². The molecule has 0 saturated carbocycles. The van der Waals surface area contributed by atoms with Crippen molar-refractivity contribution in [1.82, 2.24) is 14.8 Å². The predicted octanol–water partition coefficient (Wildman–Crippen LogP) is 3.77. The second kappa shape index (κ2) is 8.17. The number of nitrogens with zero attached hydrogens (tertiary/aromatic N) is 3. The van der Waals surface area contributed by atoms with Crippen molar-refractivity contribution in [1.29, 1.82) is 0 Å². The number of thiophene rings is 1. The average molecular weight is 374 g/mol. The molecular formula is C17H18N4O2S2. The fourth-order valence-corrected chi connectivity index (χ4v) is 3.82. The molecule has 8 heteroatoms. The molecule has 0 bridgehead atoms. The molecule has 25 heavy (non-hydrogen) atoms. The zero-order valence-electron chi connectivity index (χ0n) is 13.9. The summed E-state index contributed by atoms with van der Waals surface area (Å²) in [6.07, 6.45) is 0. The summed E-state index contributed by atoms with van der Waals surface area (Å²) in [5.74, 6) is 1.71. The van der Waals surface area contributed by atoms with E-state index in [1.807, 2.05) is 47.2 Å². The van der Waals surface area contributed by atoms with Crippen LogP contribution in [0.1, 0.15) is 6.92 Å². The van der Waals surface area contributed by atoms with E-state index in [1.165, 1.54) is 11.8 Å². The second-order valence-electron chi connectivity index (χ2n) is 5.10. The van der Waals surface area contributed by atoms with Gasteiger partial charge < -0.3 is 14.6 Å². The van der Waals surface area contributed by atoms with Gasteiger partial charge in [0.05, 0.1) is 17.7 Å². The molecule has 6 nitrogen and oxygen atoms in total. The minimum Gasteiger partial charge on any atom is -0.497 e. The zero-order chi connectivity index (χ0) is 17.6. The number of methoxy groups -OCH3 is 1. The number of amides is 1. The van der Waals surface area contributed by atoms with Gasteiger partial charge in [-0.15, -0.1) is 21.5 Å². The Morgan fingerprint density at radius 2 is 2.20 bits per heavy atom. The number of hydrogen-bond donors (Lipinski definition) is 1. The number of ether oxygens (including phenoxy) is 1. The fraction of sp³-hybridized carbons (Fsp3) is 0.235. The molecule has 3 rings (SSSR count). The first-order valence-electron chi connectivity index (χ1n) is 7.75. The van der Waals surface area contributed by atoms with Crippen LogP contribution in [0.15, 0.2) is 46.9 Å². The lowest BCUT2D eigenvalue weighted by molar-refractivity contribution is -0.113. The Bertz CT molecular complexity index is 846. The van der Waals surface area contributed by atoms with Gasteiger partial charge in [0.25, 0.3) is 0 Å². The van der Waals surface area contributed by atoms with Crippen molar-refractivity contribution >= 4 is 34.7 Å². The van der Waals surface area contributed by atoms with Crippen molar-refractivity contribution in [2.45, 2.75) is 18.6 Å². The zero-order valence-corrected chi connectivity index (χ0v) is 15.6. The van der Waals surface area contributed by atoms with E-state index in [0.29, 0.717) is 11.4 Å². The number of aromatic nitrogens is 3. The lowest BCUT2D eigenvalue weighted by atomic mass is 10.3. The lowest BCUT2D eigenvalue weighted by Gasteiger charge is -2.08. The predicted molar refractivity (Wildman–Crippen MR) is 101 cm³/mol. The number of carbonyl (C=O) groups is 1. The highest BCUT2D eigenvalue weighted by molar-refractivity contribution is 7.99. The van der Waals surface area contributed by atoms with Crippen LogP contribution in [0.25, 0.3) is 10.7 Å². The Labute approximate surface area is 154 Å².